The molecule has 1 spiro atoms. The van der Waals surface area contributed by atoms with E-state index in [1.165, 1.54) is 72.0 Å². The molecule has 1 heteroatoms. The van der Waals surface area contributed by atoms with Crippen LogP contribution in [0, 0.1) is 0 Å². The predicted molar refractivity (Wildman–Crippen MR) is 156 cm³/mol. The van der Waals surface area contributed by atoms with Gasteiger partial charge in [-0.3, -0.25) is 4.98 Å². The molecule has 0 N–H and O–H groups in total. The van der Waals surface area contributed by atoms with Gasteiger partial charge in [-0.15, -0.1) is 0 Å². The van der Waals surface area contributed by atoms with Crippen molar-refractivity contribution in [3.8, 4) is 33.4 Å². The lowest BCUT2D eigenvalue weighted by Crippen LogP contribution is -2.28. The molecule has 0 saturated heterocycles. The Balaban J connectivity index is 1.55. The molecule has 178 valence electrons. The van der Waals surface area contributed by atoms with Crippen LogP contribution >= 0.6 is 0 Å². The van der Waals surface area contributed by atoms with Gasteiger partial charge in [0.25, 0.3) is 0 Å². The summed E-state index contributed by atoms with van der Waals surface area (Å²) < 4.78 is 0. The minimum atomic E-state index is -0.433. The number of benzene rings is 5. The van der Waals surface area contributed by atoms with Crippen molar-refractivity contribution in [1.29, 1.82) is 0 Å². The van der Waals surface area contributed by atoms with E-state index < -0.39 is 5.41 Å². The summed E-state index contributed by atoms with van der Waals surface area (Å²) in [7, 11) is 0. The van der Waals surface area contributed by atoms with E-state index in [0.29, 0.717) is 0 Å². The van der Waals surface area contributed by atoms with Crippen LogP contribution in [-0.2, 0) is 10.8 Å². The van der Waals surface area contributed by atoms with Gasteiger partial charge in [0.15, 0.2) is 0 Å². The minimum absolute atomic E-state index is 0.0836. The molecule has 9 rings (SSSR count). The van der Waals surface area contributed by atoms with E-state index in [2.05, 4.69) is 123 Å². The topological polar surface area (TPSA) is 12.9 Å². The molecule has 6 aromatic rings. The van der Waals surface area contributed by atoms with Gasteiger partial charge in [-0.2, -0.15) is 0 Å². The van der Waals surface area contributed by atoms with Crippen molar-refractivity contribution in [1.82, 2.24) is 4.98 Å². The van der Waals surface area contributed by atoms with Gasteiger partial charge < -0.3 is 0 Å². The molecule has 1 nitrogen and oxygen atoms in total. The zero-order valence-electron chi connectivity index (χ0n) is 21.4. The maximum absolute atomic E-state index is 5.18. The Hall–Kier alpha value is -4.49. The molecule has 0 atom stereocenters. The number of hydrogen-bond donors (Lipinski definition) is 0. The average Bonchev–Trinajstić information content (AvgIpc) is 3.43. The Morgan fingerprint density at radius 3 is 1.79 bits per heavy atom. The predicted octanol–water partition coefficient (Wildman–Crippen LogP) is 8.88. The van der Waals surface area contributed by atoms with Gasteiger partial charge >= 0.3 is 0 Å². The lowest BCUT2D eigenvalue weighted by molar-refractivity contribution is 0.645. The van der Waals surface area contributed by atoms with E-state index in [-0.39, 0.29) is 5.41 Å². The highest BCUT2D eigenvalue weighted by Gasteiger charge is 2.54. The summed E-state index contributed by atoms with van der Waals surface area (Å²) >= 11 is 0. The zero-order valence-corrected chi connectivity index (χ0v) is 21.4. The second-order valence-corrected chi connectivity index (χ2v) is 11.5. The molecule has 38 heavy (non-hydrogen) atoms. The number of aromatic nitrogens is 1. The molecular weight excluding hydrogens is 458 g/mol. The zero-order chi connectivity index (χ0) is 25.2. The van der Waals surface area contributed by atoms with Crippen molar-refractivity contribution in [2.24, 2.45) is 0 Å². The Morgan fingerprint density at radius 1 is 0.500 bits per heavy atom. The maximum Gasteiger partial charge on any atom is 0.0904 e. The smallest absolute Gasteiger partial charge is 0.0904 e. The van der Waals surface area contributed by atoms with Crippen LogP contribution < -0.4 is 0 Å². The van der Waals surface area contributed by atoms with Gasteiger partial charge in [0.05, 0.1) is 11.1 Å². The second kappa shape index (κ2) is 6.68. The number of fused-ring (bicyclic) bond motifs is 13. The number of nitrogens with zero attached hydrogens (tertiary/aromatic N) is 1. The quantitative estimate of drug-likeness (QED) is 0.210. The molecule has 5 aromatic carbocycles. The fourth-order valence-corrected chi connectivity index (χ4v) is 8.04. The van der Waals surface area contributed by atoms with Gasteiger partial charge in [0.1, 0.15) is 0 Å². The van der Waals surface area contributed by atoms with Crippen molar-refractivity contribution in [2.75, 3.05) is 0 Å². The molecule has 3 aliphatic rings. The van der Waals surface area contributed by atoms with E-state index in [1.807, 2.05) is 6.20 Å². The molecule has 0 unspecified atom stereocenters. The Morgan fingerprint density at radius 2 is 1.08 bits per heavy atom. The van der Waals surface area contributed by atoms with E-state index in [0.717, 1.165) is 5.69 Å². The molecule has 1 heterocycles. The molecule has 3 aliphatic carbocycles. The molecule has 0 amide bonds. The standard InChI is InChI=1S/C37H25N/c1-36(2)29-16-6-3-13-24(29)27-21-28-25-15-10-20-38-35(25)37(34(28)26-14-9-19-32(36)33(26)27)30-17-7-4-11-22(30)23-12-5-8-18-31(23)37/h3-21H,1-2H3. The van der Waals surface area contributed by atoms with Crippen LogP contribution in [0.25, 0.3) is 44.2 Å². The van der Waals surface area contributed by atoms with Gasteiger partial charge in [0, 0.05) is 17.2 Å². The van der Waals surface area contributed by atoms with Crippen LogP contribution in [0.3, 0.4) is 0 Å². The van der Waals surface area contributed by atoms with Gasteiger partial charge in [-0.05, 0) is 78.5 Å². The third-order valence-corrected chi connectivity index (χ3v) is 9.51. The molecule has 0 bridgehead atoms. The molecule has 0 aliphatic heterocycles. The summed E-state index contributed by atoms with van der Waals surface area (Å²) in [6.45, 7) is 4.76. The first-order valence-corrected chi connectivity index (χ1v) is 13.5. The largest absolute Gasteiger partial charge is 0.259 e. The summed E-state index contributed by atoms with van der Waals surface area (Å²) in [6, 6.07) is 40.8. The number of hydrogen-bond acceptors (Lipinski definition) is 1. The van der Waals surface area contributed by atoms with Crippen LogP contribution in [0.15, 0.2) is 115 Å². The van der Waals surface area contributed by atoms with Crippen molar-refractivity contribution < 1.29 is 0 Å². The molecule has 0 fully saturated rings. The Kier molecular flexibility index (Phi) is 3.61. The Bertz CT molecular complexity index is 1960. The summed E-state index contributed by atoms with van der Waals surface area (Å²) in [6.07, 6.45) is 1.97. The second-order valence-electron chi connectivity index (χ2n) is 11.5. The molecule has 1 aromatic heterocycles. The first kappa shape index (κ1) is 20.6. The van der Waals surface area contributed by atoms with Crippen molar-refractivity contribution in [3.05, 3.63) is 149 Å². The minimum Gasteiger partial charge on any atom is -0.259 e. The first-order valence-electron chi connectivity index (χ1n) is 13.5. The van der Waals surface area contributed by atoms with Crippen LogP contribution in [-0.4, -0.2) is 4.98 Å². The fourth-order valence-electron chi connectivity index (χ4n) is 8.04. The lowest BCUT2D eigenvalue weighted by atomic mass is 9.65. The SMILES string of the molecule is CC1(C)c2ccccc2-c2cc3c(c4cccc1c24)C1(c2ccccc2-c2ccccc21)c1ncccc1-3. The molecule has 0 saturated carbocycles. The summed E-state index contributed by atoms with van der Waals surface area (Å²) in [5, 5.41) is 2.74. The third-order valence-electron chi connectivity index (χ3n) is 9.51. The maximum atomic E-state index is 5.18. The summed E-state index contributed by atoms with van der Waals surface area (Å²) in [4.78, 5) is 5.18. The third kappa shape index (κ3) is 2.12. The normalized spacial score (nSPS) is 16.1. The van der Waals surface area contributed by atoms with Crippen LogP contribution in [0.2, 0.25) is 0 Å². The van der Waals surface area contributed by atoms with Gasteiger partial charge in [0.2, 0.25) is 0 Å². The fraction of sp³-hybridized carbons (Fsp3) is 0.108. The first-order chi connectivity index (χ1) is 18.6. The van der Waals surface area contributed by atoms with Crippen molar-refractivity contribution >= 4 is 10.8 Å². The Labute approximate surface area is 222 Å². The highest BCUT2D eigenvalue weighted by Crippen LogP contribution is 2.65. The summed E-state index contributed by atoms with van der Waals surface area (Å²) in [5.74, 6) is 0. The van der Waals surface area contributed by atoms with Crippen molar-refractivity contribution in [2.45, 2.75) is 24.7 Å². The van der Waals surface area contributed by atoms with E-state index in [1.54, 1.807) is 0 Å². The van der Waals surface area contributed by atoms with Gasteiger partial charge in [-0.1, -0.05) is 111 Å². The van der Waals surface area contributed by atoms with Crippen LogP contribution in [0.4, 0.5) is 0 Å². The number of rotatable bonds is 0. The highest BCUT2D eigenvalue weighted by atomic mass is 14.8. The highest BCUT2D eigenvalue weighted by molar-refractivity contribution is 6.12. The van der Waals surface area contributed by atoms with Gasteiger partial charge in [-0.25, -0.2) is 0 Å². The van der Waals surface area contributed by atoms with Crippen LogP contribution in [0.5, 0.6) is 0 Å². The summed E-state index contributed by atoms with van der Waals surface area (Å²) in [5.41, 5.74) is 15.4. The molecular formula is C37H25N. The lowest BCUT2D eigenvalue weighted by Gasteiger charge is -2.37. The monoisotopic (exact) mass is 483 g/mol. The van der Waals surface area contributed by atoms with E-state index in [9.17, 15) is 0 Å². The van der Waals surface area contributed by atoms with E-state index in [4.69, 9.17) is 4.98 Å². The van der Waals surface area contributed by atoms with Crippen LogP contribution in [0.1, 0.15) is 47.4 Å². The average molecular weight is 484 g/mol. The van der Waals surface area contributed by atoms with Crippen molar-refractivity contribution in [3.63, 3.8) is 0 Å². The number of pyridine rings is 1. The molecule has 0 radical (unpaired) electrons. The van der Waals surface area contributed by atoms with E-state index >= 15 is 0 Å².